The van der Waals surface area contributed by atoms with Crippen LogP contribution in [0.2, 0.25) is 0 Å². The number of sulfonamides is 1. The summed E-state index contributed by atoms with van der Waals surface area (Å²) in [6, 6.07) is 0. The second kappa shape index (κ2) is 3.22. The molecule has 5 heteroatoms. The fourth-order valence-electron chi connectivity index (χ4n) is 1.25. The summed E-state index contributed by atoms with van der Waals surface area (Å²) in [5.74, 6) is 0. The Bertz CT molecular complexity index is 272. The van der Waals surface area contributed by atoms with E-state index in [9.17, 15) is 8.42 Å². The van der Waals surface area contributed by atoms with Gasteiger partial charge in [0.25, 0.3) is 0 Å². The average molecular weight is 207 g/mol. The lowest BCUT2D eigenvalue weighted by molar-refractivity contribution is -0.103. The van der Waals surface area contributed by atoms with Crippen molar-refractivity contribution in [2.24, 2.45) is 0 Å². The minimum absolute atomic E-state index is 0.0646. The molecule has 1 aliphatic rings. The van der Waals surface area contributed by atoms with E-state index in [4.69, 9.17) is 4.74 Å². The molecule has 0 bridgehead atoms. The van der Waals surface area contributed by atoms with Crippen LogP contribution in [-0.4, -0.2) is 43.8 Å². The third-order valence-electron chi connectivity index (χ3n) is 1.80. The van der Waals surface area contributed by atoms with Crippen molar-refractivity contribution in [3.8, 4) is 0 Å². The van der Waals surface area contributed by atoms with Gasteiger partial charge in [-0.1, -0.05) is 0 Å². The fourth-order valence-corrected chi connectivity index (χ4v) is 2.12. The van der Waals surface area contributed by atoms with Crippen LogP contribution in [-0.2, 0) is 14.8 Å². The van der Waals surface area contributed by atoms with E-state index in [0.717, 1.165) is 0 Å². The Labute approximate surface area is 79.9 Å². The van der Waals surface area contributed by atoms with Crippen LogP contribution in [0, 0.1) is 0 Å². The predicted octanol–water partition coefficient (Wildman–Crippen LogP) is 0.445. The third-order valence-corrected chi connectivity index (χ3v) is 3.04. The highest BCUT2D eigenvalue weighted by Gasteiger charge is 2.35. The summed E-state index contributed by atoms with van der Waals surface area (Å²) in [7, 11) is -3.00. The van der Waals surface area contributed by atoms with Crippen molar-refractivity contribution in [1.29, 1.82) is 0 Å². The van der Waals surface area contributed by atoms with E-state index in [0.29, 0.717) is 13.1 Å². The van der Waals surface area contributed by atoms with Crippen LogP contribution in [0.25, 0.3) is 0 Å². The molecule has 0 aliphatic carbocycles. The predicted molar refractivity (Wildman–Crippen MR) is 51.0 cm³/mol. The molecule has 0 saturated carbocycles. The molecule has 0 aromatic heterocycles. The molecular formula is C8H17NO3S. The van der Waals surface area contributed by atoms with Crippen molar-refractivity contribution in [3.63, 3.8) is 0 Å². The lowest BCUT2D eigenvalue weighted by atomic mass is 10.1. The van der Waals surface area contributed by atoms with Gasteiger partial charge in [-0.05, 0) is 20.8 Å². The molecule has 0 spiro atoms. The van der Waals surface area contributed by atoms with Crippen LogP contribution < -0.4 is 0 Å². The standard InChI is InChI=1S/C8H17NO3S/c1-8(2,3)12-7-5-9(6-7)13(4,10)11/h7H,5-6H2,1-4H3. The van der Waals surface area contributed by atoms with Gasteiger partial charge in [0, 0.05) is 13.1 Å². The van der Waals surface area contributed by atoms with Crippen LogP contribution in [0.4, 0.5) is 0 Å². The topological polar surface area (TPSA) is 46.6 Å². The second-order valence-corrected chi connectivity index (χ2v) is 6.41. The van der Waals surface area contributed by atoms with E-state index in [1.165, 1.54) is 10.6 Å². The highest BCUT2D eigenvalue weighted by Crippen LogP contribution is 2.20. The van der Waals surface area contributed by atoms with E-state index < -0.39 is 10.0 Å². The lowest BCUT2D eigenvalue weighted by Crippen LogP contribution is -2.56. The summed E-state index contributed by atoms with van der Waals surface area (Å²) in [5, 5.41) is 0. The van der Waals surface area contributed by atoms with Crippen molar-refractivity contribution in [2.75, 3.05) is 19.3 Å². The Kier molecular flexibility index (Phi) is 2.71. The molecule has 0 atom stereocenters. The molecule has 4 nitrogen and oxygen atoms in total. The highest BCUT2D eigenvalue weighted by molar-refractivity contribution is 7.88. The normalized spacial score (nSPS) is 21.5. The monoisotopic (exact) mass is 207 g/mol. The van der Waals surface area contributed by atoms with Gasteiger partial charge >= 0.3 is 0 Å². The van der Waals surface area contributed by atoms with Crippen LogP contribution >= 0.6 is 0 Å². The first-order chi connectivity index (χ1) is 5.68. The Morgan fingerprint density at radius 1 is 1.31 bits per heavy atom. The van der Waals surface area contributed by atoms with Crippen LogP contribution in [0.15, 0.2) is 0 Å². The first-order valence-corrected chi connectivity index (χ1v) is 6.16. The average Bonchev–Trinajstić information content (AvgIpc) is 1.71. The van der Waals surface area contributed by atoms with Gasteiger partial charge in [-0.25, -0.2) is 8.42 Å². The Balaban J connectivity index is 2.35. The van der Waals surface area contributed by atoms with Crippen LogP contribution in [0.5, 0.6) is 0 Å². The molecular weight excluding hydrogens is 190 g/mol. The second-order valence-electron chi connectivity index (χ2n) is 4.43. The van der Waals surface area contributed by atoms with Crippen molar-refractivity contribution >= 4 is 10.0 Å². The Morgan fingerprint density at radius 3 is 2.08 bits per heavy atom. The summed E-state index contributed by atoms with van der Waals surface area (Å²) in [6.45, 7) is 6.90. The summed E-state index contributed by atoms with van der Waals surface area (Å²) < 4.78 is 29.0. The van der Waals surface area contributed by atoms with Crippen molar-refractivity contribution in [2.45, 2.75) is 32.5 Å². The zero-order chi connectivity index (χ0) is 10.3. The smallest absolute Gasteiger partial charge is 0.211 e. The zero-order valence-electron chi connectivity index (χ0n) is 8.57. The first kappa shape index (κ1) is 10.9. The summed E-state index contributed by atoms with van der Waals surface area (Å²) in [6.07, 6.45) is 1.29. The highest BCUT2D eigenvalue weighted by atomic mass is 32.2. The van der Waals surface area contributed by atoms with Crippen LogP contribution in [0.1, 0.15) is 20.8 Å². The molecule has 1 heterocycles. The minimum Gasteiger partial charge on any atom is -0.370 e. The van der Waals surface area contributed by atoms with E-state index in [-0.39, 0.29) is 11.7 Å². The third kappa shape index (κ3) is 3.25. The molecule has 1 fully saturated rings. The summed E-state index contributed by atoms with van der Waals surface area (Å²) in [4.78, 5) is 0. The van der Waals surface area contributed by atoms with Gasteiger partial charge in [0.1, 0.15) is 0 Å². The van der Waals surface area contributed by atoms with Gasteiger partial charge in [0.2, 0.25) is 10.0 Å². The maximum Gasteiger partial charge on any atom is 0.211 e. The number of nitrogens with zero attached hydrogens (tertiary/aromatic N) is 1. The molecule has 0 aromatic carbocycles. The molecule has 0 unspecified atom stereocenters. The number of rotatable bonds is 2. The molecule has 13 heavy (non-hydrogen) atoms. The van der Waals surface area contributed by atoms with Gasteiger partial charge in [0.15, 0.2) is 0 Å². The van der Waals surface area contributed by atoms with E-state index in [2.05, 4.69) is 0 Å². The molecule has 1 rings (SSSR count). The molecule has 1 saturated heterocycles. The molecule has 78 valence electrons. The number of hydrogen-bond acceptors (Lipinski definition) is 3. The SMILES string of the molecule is CC(C)(C)OC1CN(S(C)(=O)=O)C1. The lowest BCUT2D eigenvalue weighted by Gasteiger charge is -2.40. The molecule has 0 amide bonds. The largest absolute Gasteiger partial charge is 0.370 e. The Morgan fingerprint density at radius 2 is 1.77 bits per heavy atom. The van der Waals surface area contributed by atoms with Crippen molar-refractivity contribution in [1.82, 2.24) is 4.31 Å². The quantitative estimate of drug-likeness (QED) is 0.660. The Hall–Kier alpha value is -0.130. The summed E-state index contributed by atoms with van der Waals surface area (Å²) >= 11 is 0. The van der Waals surface area contributed by atoms with Crippen LogP contribution in [0.3, 0.4) is 0 Å². The van der Waals surface area contributed by atoms with Crippen molar-refractivity contribution < 1.29 is 13.2 Å². The number of hydrogen-bond donors (Lipinski definition) is 0. The van der Waals surface area contributed by atoms with Gasteiger partial charge < -0.3 is 4.74 Å². The maximum absolute atomic E-state index is 11.0. The first-order valence-electron chi connectivity index (χ1n) is 4.31. The van der Waals surface area contributed by atoms with Gasteiger partial charge in [-0.15, -0.1) is 0 Å². The van der Waals surface area contributed by atoms with Gasteiger partial charge in [-0.2, -0.15) is 4.31 Å². The number of ether oxygens (including phenoxy) is 1. The maximum atomic E-state index is 11.0. The summed E-state index contributed by atoms with van der Waals surface area (Å²) in [5.41, 5.74) is -0.186. The molecule has 0 radical (unpaired) electrons. The zero-order valence-corrected chi connectivity index (χ0v) is 9.39. The minimum atomic E-state index is -3.00. The molecule has 0 aromatic rings. The van der Waals surface area contributed by atoms with E-state index in [1.807, 2.05) is 20.8 Å². The van der Waals surface area contributed by atoms with E-state index in [1.54, 1.807) is 0 Å². The van der Waals surface area contributed by atoms with E-state index >= 15 is 0 Å². The molecule has 1 aliphatic heterocycles. The van der Waals surface area contributed by atoms with Crippen molar-refractivity contribution in [3.05, 3.63) is 0 Å². The van der Waals surface area contributed by atoms with Gasteiger partial charge in [-0.3, -0.25) is 0 Å². The fraction of sp³-hybridized carbons (Fsp3) is 1.00. The van der Waals surface area contributed by atoms with Gasteiger partial charge in [0.05, 0.1) is 18.0 Å². The molecule has 0 N–H and O–H groups in total.